The number of nitro benzene ring substituents is 1. The molecule has 1 aliphatic heterocycles. The molecule has 1 fully saturated rings. The van der Waals surface area contributed by atoms with Crippen molar-refractivity contribution >= 4 is 21.5 Å². The van der Waals surface area contributed by atoms with Crippen LogP contribution < -0.4 is 4.90 Å². The van der Waals surface area contributed by atoms with E-state index in [-0.39, 0.29) is 11.4 Å². The van der Waals surface area contributed by atoms with Crippen LogP contribution in [0.25, 0.3) is 11.4 Å². The minimum absolute atomic E-state index is 0.0175. The second-order valence-corrected chi connectivity index (χ2v) is 8.74. The van der Waals surface area contributed by atoms with E-state index in [2.05, 4.69) is 14.9 Å². The summed E-state index contributed by atoms with van der Waals surface area (Å²) in [6, 6.07) is 8.07. The lowest BCUT2D eigenvalue weighted by atomic mass is 10.2. The maximum absolute atomic E-state index is 12.0. The Bertz CT molecular complexity index is 954. The smallest absolute Gasteiger partial charge is 0.269 e. The van der Waals surface area contributed by atoms with Gasteiger partial charge in [-0.1, -0.05) is 6.92 Å². The highest BCUT2D eigenvalue weighted by molar-refractivity contribution is 7.89. The number of aromatic nitrogens is 2. The van der Waals surface area contributed by atoms with Gasteiger partial charge in [-0.15, -0.1) is 0 Å². The molecule has 0 atom stereocenters. The van der Waals surface area contributed by atoms with Gasteiger partial charge in [-0.3, -0.25) is 10.1 Å². The molecule has 0 saturated carbocycles. The summed E-state index contributed by atoms with van der Waals surface area (Å²) in [6.07, 6.45) is 0.722. The van der Waals surface area contributed by atoms with Crippen molar-refractivity contribution in [1.82, 2.24) is 14.3 Å². The van der Waals surface area contributed by atoms with Gasteiger partial charge in [-0.05, 0) is 25.5 Å². The van der Waals surface area contributed by atoms with Crippen LogP contribution in [-0.2, 0) is 16.4 Å². The molecular weight excluding hydrogens is 382 g/mol. The minimum atomic E-state index is -3.18. The number of benzene rings is 1. The fraction of sp³-hybridized carbons (Fsp3) is 0.444. The van der Waals surface area contributed by atoms with Gasteiger partial charge in [0.2, 0.25) is 10.0 Å². The van der Waals surface area contributed by atoms with Crippen LogP contribution in [0.2, 0.25) is 0 Å². The van der Waals surface area contributed by atoms with Crippen molar-refractivity contribution in [2.24, 2.45) is 0 Å². The number of hydrogen-bond acceptors (Lipinski definition) is 7. The van der Waals surface area contributed by atoms with Crippen LogP contribution in [0.15, 0.2) is 30.3 Å². The highest BCUT2D eigenvalue weighted by Crippen LogP contribution is 2.24. The van der Waals surface area contributed by atoms with Crippen LogP contribution in [0.3, 0.4) is 0 Å². The number of rotatable bonds is 6. The van der Waals surface area contributed by atoms with Crippen LogP contribution in [0.5, 0.6) is 0 Å². The second kappa shape index (κ2) is 8.19. The molecule has 0 spiro atoms. The van der Waals surface area contributed by atoms with Gasteiger partial charge in [-0.2, -0.15) is 4.31 Å². The first-order valence-corrected chi connectivity index (χ1v) is 10.8. The van der Waals surface area contributed by atoms with Crippen LogP contribution >= 0.6 is 0 Å². The van der Waals surface area contributed by atoms with Crippen LogP contribution in [0, 0.1) is 10.1 Å². The maximum atomic E-state index is 12.0. The average molecular weight is 405 g/mol. The van der Waals surface area contributed by atoms with Gasteiger partial charge in [0.1, 0.15) is 5.82 Å². The summed E-state index contributed by atoms with van der Waals surface area (Å²) >= 11 is 0. The summed E-state index contributed by atoms with van der Waals surface area (Å²) in [5, 5.41) is 10.8. The third kappa shape index (κ3) is 4.28. The van der Waals surface area contributed by atoms with Crippen LogP contribution in [0.1, 0.15) is 19.5 Å². The van der Waals surface area contributed by atoms with Crippen molar-refractivity contribution in [2.75, 3.05) is 36.8 Å². The Morgan fingerprint density at radius 3 is 2.25 bits per heavy atom. The Labute approximate surface area is 164 Å². The molecule has 28 heavy (non-hydrogen) atoms. The largest absolute Gasteiger partial charge is 0.354 e. The molecule has 0 N–H and O–H groups in total. The predicted molar refractivity (Wildman–Crippen MR) is 107 cm³/mol. The van der Waals surface area contributed by atoms with Gasteiger partial charge >= 0.3 is 0 Å². The third-order valence-electron chi connectivity index (χ3n) is 4.79. The SMILES string of the molecule is CCc1cc(N2CCN(S(=O)(=O)CC)CC2)nc(-c2ccc([N+](=O)[O-])cc2)n1. The van der Waals surface area contributed by atoms with Gasteiger partial charge in [0.15, 0.2) is 5.82 Å². The van der Waals surface area contributed by atoms with E-state index in [4.69, 9.17) is 0 Å². The summed E-state index contributed by atoms with van der Waals surface area (Å²) in [6.45, 7) is 5.61. The number of sulfonamides is 1. The van der Waals surface area contributed by atoms with E-state index in [1.807, 2.05) is 13.0 Å². The second-order valence-electron chi connectivity index (χ2n) is 6.49. The molecule has 3 rings (SSSR count). The molecule has 1 aliphatic rings. The van der Waals surface area contributed by atoms with E-state index in [0.29, 0.717) is 37.6 Å². The van der Waals surface area contributed by atoms with Crippen molar-refractivity contribution in [3.63, 3.8) is 0 Å². The molecule has 0 unspecified atom stereocenters. The number of non-ortho nitro benzene ring substituents is 1. The fourth-order valence-corrected chi connectivity index (χ4v) is 4.15. The molecule has 2 aromatic rings. The first-order valence-electron chi connectivity index (χ1n) is 9.19. The predicted octanol–water partition coefficient (Wildman–Crippen LogP) is 2.09. The molecule has 0 amide bonds. The topological polar surface area (TPSA) is 110 Å². The molecule has 10 heteroatoms. The lowest BCUT2D eigenvalue weighted by Crippen LogP contribution is -2.49. The number of aryl methyl sites for hydroxylation is 1. The Morgan fingerprint density at radius 2 is 1.71 bits per heavy atom. The van der Waals surface area contributed by atoms with Gasteiger partial charge < -0.3 is 4.90 Å². The molecule has 9 nitrogen and oxygen atoms in total. The van der Waals surface area contributed by atoms with Crippen molar-refractivity contribution in [2.45, 2.75) is 20.3 Å². The molecule has 1 saturated heterocycles. The van der Waals surface area contributed by atoms with Crippen molar-refractivity contribution in [3.05, 3.63) is 46.1 Å². The van der Waals surface area contributed by atoms with Crippen molar-refractivity contribution < 1.29 is 13.3 Å². The molecule has 150 valence electrons. The van der Waals surface area contributed by atoms with E-state index in [0.717, 1.165) is 17.9 Å². The van der Waals surface area contributed by atoms with Crippen molar-refractivity contribution in [3.8, 4) is 11.4 Å². The highest BCUT2D eigenvalue weighted by Gasteiger charge is 2.26. The van der Waals surface area contributed by atoms with E-state index in [1.165, 1.54) is 16.4 Å². The number of anilines is 1. The van der Waals surface area contributed by atoms with E-state index >= 15 is 0 Å². The molecule has 1 aromatic carbocycles. The fourth-order valence-electron chi connectivity index (χ4n) is 3.07. The standard InChI is InChI=1S/C18H23N5O4S/c1-3-15-13-17(21-9-11-22(12-10-21)28(26,27)4-2)20-18(19-15)14-5-7-16(8-6-14)23(24)25/h5-8,13H,3-4,9-12H2,1-2H3. The first-order chi connectivity index (χ1) is 13.3. The van der Waals surface area contributed by atoms with Crippen LogP contribution in [-0.4, -0.2) is 59.5 Å². The normalized spacial score (nSPS) is 15.6. The molecule has 0 bridgehead atoms. The summed E-state index contributed by atoms with van der Waals surface area (Å²) < 4.78 is 25.6. The summed E-state index contributed by atoms with van der Waals surface area (Å²) in [4.78, 5) is 21.6. The average Bonchev–Trinajstić information content (AvgIpc) is 2.73. The zero-order valence-corrected chi connectivity index (χ0v) is 16.7. The number of nitro groups is 1. The maximum Gasteiger partial charge on any atom is 0.269 e. The summed E-state index contributed by atoms with van der Waals surface area (Å²) in [7, 11) is -3.18. The molecule has 0 aliphatic carbocycles. The highest BCUT2D eigenvalue weighted by atomic mass is 32.2. The Morgan fingerprint density at radius 1 is 1.07 bits per heavy atom. The van der Waals surface area contributed by atoms with Crippen LogP contribution in [0.4, 0.5) is 11.5 Å². The monoisotopic (exact) mass is 405 g/mol. The van der Waals surface area contributed by atoms with Gasteiger partial charge in [0.25, 0.3) is 5.69 Å². The quantitative estimate of drug-likeness (QED) is 0.534. The Balaban J connectivity index is 1.85. The third-order valence-corrected chi connectivity index (χ3v) is 6.67. The van der Waals surface area contributed by atoms with Gasteiger partial charge in [0, 0.05) is 55.6 Å². The van der Waals surface area contributed by atoms with E-state index in [1.54, 1.807) is 19.1 Å². The molecule has 1 aromatic heterocycles. The zero-order chi connectivity index (χ0) is 20.3. The molecule has 2 heterocycles. The Kier molecular flexibility index (Phi) is 5.90. The number of piperazine rings is 1. The van der Waals surface area contributed by atoms with E-state index in [9.17, 15) is 18.5 Å². The number of hydrogen-bond donors (Lipinski definition) is 0. The molecule has 0 radical (unpaired) electrons. The summed E-state index contributed by atoms with van der Waals surface area (Å²) in [5.41, 5.74) is 1.58. The zero-order valence-electron chi connectivity index (χ0n) is 15.9. The van der Waals surface area contributed by atoms with Gasteiger partial charge in [-0.25, -0.2) is 18.4 Å². The van der Waals surface area contributed by atoms with Gasteiger partial charge in [0.05, 0.1) is 10.7 Å². The lowest BCUT2D eigenvalue weighted by Gasteiger charge is -2.34. The minimum Gasteiger partial charge on any atom is -0.354 e. The number of nitrogens with zero attached hydrogens (tertiary/aromatic N) is 5. The lowest BCUT2D eigenvalue weighted by molar-refractivity contribution is -0.384. The van der Waals surface area contributed by atoms with Crippen molar-refractivity contribution in [1.29, 1.82) is 0 Å². The first kappa shape index (κ1) is 20.2. The van der Waals surface area contributed by atoms with E-state index < -0.39 is 14.9 Å². The molecular formula is C18H23N5O4S. The summed E-state index contributed by atoms with van der Waals surface area (Å²) in [5.74, 6) is 1.35. The Hall–Kier alpha value is -2.59.